The van der Waals surface area contributed by atoms with Gasteiger partial charge < -0.3 is 15.3 Å². The normalized spacial score (nSPS) is 11.8. The summed E-state index contributed by atoms with van der Waals surface area (Å²) >= 11 is 0. The van der Waals surface area contributed by atoms with Crippen molar-refractivity contribution in [1.29, 1.82) is 0 Å². The van der Waals surface area contributed by atoms with E-state index in [4.69, 9.17) is 15.3 Å². The van der Waals surface area contributed by atoms with Crippen LogP contribution in [0.5, 0.6) is 0 Å². The Morgan fingerprint density at radius 2 is 1.76 bits per heavy atom. The lowest BCUT2D eigenvalue weighted by Gasteiger charge is -2.27. The minimum atomic E-state index is -1.35. The van der Waals surface area contributed by atoms with Crippen molar-refractivity contribution in [2.45, 2.75) is 6.54 Å². The van der Waals surface area contributed by atoms with Crippen LogP contribution in [0, 0.1) is 11.2 Å². The summed E-state index contributed by atoms with van der Waals surface area (Å²) in [5.41, 5.74) is -3.38. The van der Waals surface area contributed by atoms with Crippen molar-refractivity contribution < 1.29 is 19.7 Å². The molecule has 4 N–H and O–H groups in total. The number of nitrogens with zero attached hydrogens (tertiary/aromatic N) is 1. The number of hydrogen-bond donors (Lipinski definition) is 4. The number of halogens is 1. The average molecular weight is 248 g/mol. The molecule has 0 radical (unpaired) electrons. The summed E-state index contributed by atoms with van der Waals surface area (Å²) in [6.45, 7) is -2.09. The minimum absolute atomic E-state index is 0.316. The summed E-state index contributed by atoms with van der Waals surface area (Å²) in [5.74, 6) is -1.16. The molecule has 0 saturated heterocycles. The molecule has 0 bridgehead atoms. The van der Waals surface area contributed by atoms with Gasteiger partial charge in [0, 0.05) is 6.54 Å². The standard InChI is InChI=1S/C9H13FN2O5/c10-6-1-12(8(17)11-7(6)16)2-9(3-13,4-14)5-15/h1,13-15H,2-5H2,(H,11,16,17). The van der Waals surface area contributed by atoms with Crippen molar-refractivity contribution in [1.82, 2.24) is 9.55 Å². The smallest absolute Gasteiger partial charge is 0.328 e. The molecule has 0 aromatic carbocycles. The van der Waals surface area contributed by atoms with Crippen LogP contribution >= 0.6 is 0 Å². The quantitative estimate of drug-likeness (QED) is 0.465. The van der Waals surface area contributed by atoms with Gasteiger partial charge in [-0.3, -0.25) is 14.3 Å². The molecule has 8 heteroatoms. The number of hydrogen-bond acceptors (Lipinski definition) is 5. The first-order chi connectivity index (χ1) is 7.98. The number of aromatic amines is 1. The second kappa shape index (κ2) is 5.21. The number of aliphatic hydroxyl groups is 3. The van der Waals surface area contributed by atoms with Gasteiger partial charge in [-0.2, -0.15) is 4.39 Å². The van der Waals surface area contributed by atoms with Gasteiger partial charge in [-0.25, -0.2) is 4.79 Å². The van der Waals surface area contributed by atoms with E-state index in [9.17, 15) is 14.0 Å². The fraction of sp³-hybridized carbons (Fsp3) is 0.556. The highest BCUT2D eigenvalue weighted by molar-refractivity contribution is 4.89. The van der Waals surface area contributed by atoms with Crippen LogP contribution in [-0.2, 0) is 6.54 Å². The SMILES string of the molecule is O=c1[nH]c(=O)n(CC(CO)(CO)CO)cc1F. The van der Waals surface area contributed by atoms with Crippen molar-refractivity contribution in [2.24, 2.45) is 5.41 Å². The highest BCUT2D eigenvalue weighted by Crippen LogP contribution is 2.16. The van der Waals surface area contributed by atoms with Crippen LogP contribution in [0.1, 0.15) is 0 Å². The molecule has 0 saturated carbocycles. The summed E-state index contributed by atoms with van der Waals surface area (Å²) in [6.07, 6.45) is 0.664. The third-order valence-electron chi connectivity index (χ3n) is 2.48. The van der Waals surface area contributed by atoms with Gasteiger partial charge >= 0.3 is 5.69 Å². The Balaban J connectivity index is 3.14. The molecule has 0 unspecified atom stereocenters. The van der Waals surface area contributed by atoms with Crippen molar-refractivity contribution >= 4 is 0 Å². The zero-order chi connectivity index (χ0) is 13.1. The highest BCUT2D eigenvalue weighted by Gasteiger charge is 2.29. The molecule has 0 spiro atoms. The van der Waals surface area contributed by atoms with Gasteiger partial charge in [-0.05, 0) is 0 Å². The number of rotatable bonds is 5. The number of aliphatic hydroxyl groups excluding tert-OH is 3. The zero-order valence-corrected chi connectivity index (χ0v) is 8.89. The molecule has 0 fully saturated rings. The van der Waals surface area contributed by atoms with Gasteiger partial charge in [-0.15, -0.1) is 0 Å². The Morgan fingerprint density at radius 1 is 1.24 bits per heavy atom. The lowest BCUT2D eigenvalue weighted by Crippen LogP contribution is -2.43. The number of aromatic nitrogens is 2. The molecule has 0 amide bonds. The van der Waals surface area contributed by atoms with E-state index in [1.54, 1.807) is 4.98 Å². The van der Waals surface area contributed by atoms with Crippen LogP contribution in [0.3, 0.4) is 0 Å². The molecular formula is C9H13FN2O5. The van der Waals surface area contributed by atoms with E-state index >= 15 is 0 Å². The first kappa shape index (κ1) is 13.6. The summed E-state index contributed by atoms with van der Waals surface area (Å²) in [4.78, 5) is 23.8. The molecule has 1 aromatic heterocycles. The van der Waals surface area contributed by atoms with Gasteiger partial charge in [0.05, 0.1) is 31.4 Å². The van der Waals surface area contributed by atoms with E-state index in [1.165, 1.54) is 0 Å². The van der Waals surface area contributed by atoms with Crippen LogP contribution in [-0.4, -0.2) is 44.7 Å². The van der Waals surface area contributed by atoms with Gasteiger partial charge in [-0.1, -0.05) is 0 Å². The van der Waals surface area contributed by atoms with E-state index in [-0.39, 0.29) is 6.54 Å². The number of nitrogens with one attached hydrogen (secondary N) is 1. The van der Waals surface area contributed by atoms with Crippen molar-refractivity contribution in [2.75, 3.05) is 19.8 Å². The first-order valence-electron chi connectivity index (χ1n) is 4.80. The van der Waals surface area contributed by atoms with Gasteiger partial charge in [0.2, 0.25) is 5.82 Å². The predicted octanol–water partition coefficient (Wildman–Crippen LogP) is -2.36. The molecule has 17 heavy (non-hydrogen) atoms. The maximum absolute atomic E-state index is 13.0. The summed E-state index contributed by atoms with van der Waals surface area (Å²) < 4.78 is 13.7. The second-order valence-corrected chi connectivity index (χ2v) is 3.84. The van der Waals surface area contributed by atoms with Crippen molar-refractivity contribution in [3.05, 3.63) is 32.9 Å². The topological polar surface area (TPSA) is 116 Å². The Morgan fingerprint density at radius 3 is 2.24 bits per heavy atom. The fourth-order valence-corrected chi connectivity index (χ4v) is 1.26. The third-order valence-corrected chi connectivity index (χ3v) is 2.48. The summed E-state index contributed by atoms with van der Waals surface area (Å²) in [5, 5.41) is 27.2. The van der Waals surface area contributed by atoms with Crippen molar-refractivity contribution in [3.63, 3.8) is 0 Å². The van der Waals surface area contributed by atoms with E-state index in [0.717, 1.165) is 4.57 Å². The van der Waals surface area contributed by atoms with Crippen LogP contribution in [0.25, 0.3) is 0 Å². The lowest BCUT2D eigenvalue weighted by molar-refractivity contribution is -0.00793. The maximum atomic E-state index is 13.0. The molecule has 0 aliphatic carbocycles. The molecule has 7 nitrogen and oxygen atoms in total. The van der Waals surface area contributed by atoms with Crippen LogP contribution < -0.4 is 11.2 Å². The monoisotopic (exact) mass is 248 g/mol. The highest BCUT2D eigenvalue weighted by atomic mass is 19.1. The van der Waals surface area contributed by atoms with Gasteiger partial charge in [0.25, 0.3) is 5.56 Å². The molecule has 1 heterocycles. The van der Waals surface area contributed by atoms with Crippen LogP contribution in [0.2, 0.25) is 0 Å². The summed E-state index contributed by atoms with van der Waals surface area (Å²) in [6, 6.07) is 0. The van der Waals surface area contributed by atoms with Gasteiger partial charge in [0.1, 0.15) is 0 Å². The largest absolute Gasteiger partial charge is 0.396 e. The molecular weight excluding hydrogens is 235 g/mol. The maximum Gasteiger partial charge on any atom is 0.328 e. The second-order valence-electron chi connectivity index (χ2n) is 3.84. The van der Waals surface area contributed by atoms with Crippen LogP contribution in [0.4, 0.5) is 4.39 Å². The van der Waals surface area contributed by atoms with Gasteiger partial charge in [0.15, 0.2) is 0 Å². The van der Waals surface area contributed by atoms with Crippen molar-refractivity contribution in [3.8, 4) is 0 Å². The molecule has 0 atom stereocenters. The Hall–Kier alpha value is -1.51. The molecule has 96 valence electrons. The van der Waals surface area contributed by atoms with E-state index in [2.05, 4.69) is 0 Å². The molecule has 0 aliphatic heterocycles. The Kier molecular flexibility index (Phi) is 4.16. The van der Waals surface area contributed by atoms with Crippen LogP contribution in [0.15, 0.2) is 15.8 Å². The average Bonchev–Trinajstić information content (AvgIpc) is 2.33. The molecule has 1 rings (SSSR count). The summed E-state index contributed by atoms with van der Waals surface area (Å²) in [7, 11) is 0. The molecule has 1 aromatic rings. The minimum Gasteiger partial charge on any atom is -0.396 e. The molecule has 0 aliphatic rings. The third kappa shape index (κ3) is 2.78. The van der Waals surface area contributed by atoms with E-state index in [1.807, 2.05) is 0 Å². The first-order valence-corrected chi connectivity index (χ1v) is 4.80. The Bertz CT molecular complexity index is 483. The number of H-pyrrole nitrogens is 1. The Labute approximate surface area is 94.8 Å². The zero-order valence-electron chi connectivity index (χ0n) is 8.89. The van der Waals surface area contributed by atoms with E-state index < -0.39 is 42.3 Å². The predicted molar refractivity (Wildman–Crippen MR) is 55.0 cm³/mol. The fourth-order valence-electron chi connectivity index (χ4n) is 1.26. The lowest BCUT2D eigenvalue weighted by atomic mass is 9.91. The van der Waals surface area contributed by atoms with E-state index in [0.29, 0.717) is 6.20 Å².